The van der Waals surface area contributed by atoms with Gasteiger partial charge in [-0.25, -0.2) is 4.90 Å². The van der Waals surface area contributed by atoms with Crippen molar-refractivity contribution in [1.82, 2.24) is 0 Å². The molecule has 1 aromatic carbocycles. The number of rotatable bonds is 2. The first-order valence-electron chi connectivity index (χ1n) is 7.14. The van der Waals surface area contributed by atoms with Gasteiger partial charge in [-0.1, -0.05) is 29.3 Å². The Labute approximate surface area is 131 Å². The number of benzene rings is 1. The van der Waals surface area contributed by atoms with Crippen molar-refractivity contribution in [2.75, 3.05) is 4.90 Å². The summed E-state index contributed by atoms with van der Waals surface area (Å²) < 4.78 is 0.758. The molecule has 2 amide bonds. The van der Waals surface area contributed by atoms with Crippen LogP contribution in [0.2, 0.25) is 0 Å². The third kappa shape index (κ3) is 2.18. The topological polar surface area (TPSA) is 61.2 Å². The van der Waals surface area contributed by atoms with Gasteiger partial charge in [0.15, 0.2) is 0 Å². The minimum atomic E-state index is -0.197. The molecular weight excluding hydrogens is 332 g/mol. The predicted octanol–water partition coefficient (Wildman–Crippen LogP) is 3.25. The van der Waals surface area contributed by atoms with Crippen LogP contribution >= 0.6 is 15.9 Å². The molecule has 5 heteroatoms. The number of carbonyl (C=O) groups is 2. The second-order valence-electron chi connectivity index (χ2n) is 5.74. The molecule has 0 N–H and O–H groups in total. The maximum atomic E-state index is 12.6. The van der Waals surface area contributed by atoms with Gasteiger partial charge in [-0.15, -0.1) is 0 Å². The number of hydrogen-bond acceptors (Lipinski definition) is 3. The molecule has 108 valence electrons. The fraction of sp³-hybridized carbons (Fsp3) is 0.438. The summed E-state index contributed by atoms with van der Waals surface area (Å²) in [4.78, 5) is 26.4. The van der Waals surface area contributed by atoms with Gasteiger partial charge in [0.25, 0.3) is 0 Å². The van der Waals surface area contributed by atoms with Crippen molar-refractivity contribution in [3.05, 3.63) is 28.2 Å². The largest absolute Gasteiger partial charge is 0.274 e. The molecule has 4 nitrogen and oxygen atoms in total. The number of nitriles is 1. The van der Waals surface area contributed by atoms with E-state index in [-0.39, 0.29) is 23.7 Å². The maximum absolute atomic E-state index is 12.6. The Morgan fingerprint density at radius 1 is 1.29 bits per heavy atom. The Morgan fingerprint density at radius 2 is 1.90 bits per heavy atom. The van der Waals surface area contributed by atoms with Crippen molar-refractivity contribution in [3.8, 4) is 6.07 Å². The molecule has 0 aromatic heterocycles. The number of nitrogens with zero attached hydrogens (tertiary/aromatic N) is 2. The molecule has 2 unspecified atom stereocenters. The summed E-state index contributed by atoms with van der Waals surface area (Å²) in [6.07, 6.45) is 2.59. The van der Waals surface area contributed by atoms with E-state index in [0.717, 1.165) is 23.7 Å². The van der Waals surface area contributed by atoms with Crippen LogP contribution in [0.5, 0.6) is 0 Å². The fourth-order valence-corrected chi connectivity index (χ4v) is 3.85. The van der Waals surface area contributed by atoms with Gasteiger partial charge in [-0.05, 0) is 37.0 Å². The Hall–Kier alpha value is -1.67. The normalized spacial score (nSPS) is 27.9. The van der Waals surface area contributed by atoms with Gasteiger partial charge >= 0.3 is 0 Å². The number of amides is 2. The molecule has 0 spiro atoms. The van der Waals surface area contributed by atoms with Gasteiger partial charge in [0.1, 0.15) is 6.07 Å². The van der Waals surface area contributed by atoms with Gasteiger partial charge in [0.2, 0.25) is 11.8 Å². The highest BCUT2D eigenvalue weighted by molar-refractivity contribution is 9.10. The molecule has 1 saturated carbocycles. The minimum Gasteiger partial charge on any atom is -0.274 e. The monoisotopic (exact) mass is 346 g/mol. The number of imide groups is 1. The van der Waals surface area contributed by atoms with Crippen LogP contribution in [0.25, 0.3) is 0 Å². The van der Waals surface area contributed by atoms with Gasteiger partial charge in [-0.3, -0.25) is 9.59 Å². The molecule has 2 fully saturated rings. The summed E-state index contributed by atoms with van der Waals surface area (Å²) in [5.41, 5.74) is 0.760. The van der Waals surface area contributed by atoms with Gasteiger partial charge in [-0.2, -0.15) is 5.26 Å². The molecule has 21 heavy (non-hydrogen) atoms. The molecule has 1 aliphatic heterocycles. The zero-order chi connectivity index (χ0) is 15.1. The fourth-order valence-electron chi connectivity index (χ4n) is 3.49. The lowest BCUT2D eigenvalue weighted by Gasteiger charge is -2.18. The van der Waals surface area contributed by atoms with Crippen LogP contribution in [0, 0.1) is 29.1 Å². The highest BCUT2D eigenvalue weighted by Gasteiger charge is 2.53. The molecule has 3 rings (SSSR count). The second kappa shape index (κ2) is 5.27. The first kappa shape index (κ1) is 14.3. The van der Waals surface area contributed by atoms with E-state index in [1.54, 1.807) is 18.2 Å². The number of fused-ring (bicyclic) bond motifs is 1. The van der Waals surface area contributed by atoms with Crippen molar-refractivity contribution in [2.45, 2.75) is 26.2 Å². The van der Waals surface area contributed by atoms with Crippen LogP contribution in [-0.4, -0.2) is 11.8 Å². The van der Waals surface area contributed by atoms with Gasteiger partial charge in [0, 0.05) is 4.47 Å². The lowest BCUT2D eigenvalue weighted by atomic mass is 10.00. The predicted molar refractivity (Wildman–Crippen MR) is 81.3 cm³/mol. The van der Waals surface area contributed by atoms with Crippen molar-refractivity contribution in [2.24, 2.45) is 17.8 Å². The molecule has 1 aromatic rings. The van der Waals surface area contributed by atoms with Crippen LogP contribution in [-0.2, 0) is 9.59 Å². The van der Waals surface area contributed by atoms with Crippen LogP contribution in [0.1, 0.15) is 31.7 Å². The Balaban J connectivity index is 1.98. The Kier molecular flexibility index (Phi) is 3.58. The van der Waals surface area contributed by atoms with Gasteiger partial charge in [0.05, 0.1) is 23.1 Å². The molecule has 1 aliphatic carbocycles. The second-order valence-corrected chi connectivity index (χ2v) is 6.66. The van der Waals surface area contributed by atoms with Crippen LogP contribution in [0.3, 0.4) is 0 Å². The zero-order valence-electron chi connectivity index (χ0n) is 11.7. The number of halogens is 1. The molecule has 0 bridgehead atoms. The summed E-state index contributed by atoms with van der Waals surface area (Å²) in [6, 6.07) is 7.11. The summed E-state index contributed by atoms with van der Waals surface area (Å²) in [7, 11) is 0. The SMILES string of the molecule is CCC1CC2C(=O)N(c3ccc(Br)cc3C#N)C(=O)C2C1. The molecule has 1 saturated heterocycles. The maximum Gasteiger partial charge on any atom is 0.237 e. The van der Waals surface area contributed by atoms with Crippen molar-refractivity contribution < 1.29 is 9.59 Å². The number of hydrogen-bond donors (Lipinski definition) is 0. The van der Waals surface area contributed by atoms with Crippen LogP contribution in [0.15, 0.2) is 22.7 Å². The third-order valence-corrected chi connectivity index (χ3v) is 5.13. The van der Waals surface area contributed by atoms with Crippen LogP contribution < -0.4 is 4.90 Å². The van der Waals surface area contributed by atoms with Crippen molar-refractivity contribution in [3.63, 3.8) is 0 Å². The molecular formula is C16H15BrN2O2. The molecule has 0 radical (unpaired) electrons. The minimum absolute atomic E-state index is 0.139. The average molecular weight is 347 g/mol. The van der Waals surface area contributed by atoms with Crippen molar-refractivity contribution in [1.29, 1.82) is 5.26 Å². The summed E-state index contributed by atoms with van der Waals surface area (Å²) in [5, 5.41) is 9.24. The lowest BCUT2D eigenvalue weighted by Crippen LogP contribution is -2.32. The quantitative estimate of drug-likeness (QED) is 0.772. The lowest BCUT2D eigenvalue weighted by molar-refractivity contribution is -0.123. The Bertz CT molecular complexity index is 641. The van der Waals surface area contributed by atoms with E-state index >= 15 is 0 Å². The standard InChI is InChI=1S/C16H15BrN2O2/c1-2-9-5-12-13(6-9)16(21)19(15(12)20)14-4-3-11(17)7-10(14)8-18/h3-4,7,9,12-13H,2,5-6H2,1H3. The molecule has 2 atom stereocenters. The van der Waals surface area contributed by atoms with Crippen LogP contribution in [0.4, 0.5) is 5.69 Å². The van der Waals surface area contributed by atoms with Crippen molar-refractivity contribution >= 4 is 33.4 Å². The first-order chi connectivity index (χ1) is 10.1. The van der Waals surface area contributed by atoms with E-state index in [2.05, 4.69) is 28.9 Å². The highest BCUT2D eigenvalue weighted by Crippen LogP contribution is 2.46. The van der Waals surface area contributed by atoms with E-state index in [9.17, 15) is 14.9 Å². The molecule has 1 heterocycles. The summed E-state index contributed by atoms with van der Waals surface area (Å²) >= 11 is 3.30. The van der Waals surface area contributed by atoms with E-state index < -0.39 is 0 Å². The highest BCUT2D eigenvalue weighted by atomic mass is 79.9. The summed E-state index contributed by atoms with van der Waals surface area (Å²) in [5.74, 6) is -0.203. The van der Waals surface area contributed by atoms with E-state index in [0.29, 0.717) is 17.2 Å². The van der Waals surface area contributed by atoms with Gasteiger partial charge < -0.3 is 0 Å². The first-order valence-corrected chi connectivity index (χ1v) is 7.93. The Morgan fingerprint density at radius 3 is 2.43 bits per heavy atom. The summed E-state index contributed by atoms with van der Waals surface area (Å²) in [6.45, 7) is 2.10. The van der Waals surface area contributed by atoms with E-state index in [4.69, 9.17) is 0 Å². The number of carbonyl (C=O) groups excluding carboxylic acids is 2. The van der Waals surface area contributed by atoms with E-state index in [1.165, 1.54) is 4.90 Å². The third-order valence-electron chi connectivity index (χ3n) is 4.63. The smallest absolute Gasteiger partial charge is 0.237 e. The average Bonchev–Trinajstić information content (AvgIpc) is 3.00. The zero-order valence-corrected chi connectivity index (χ0v) is 13.3. The molecule has 2 aliphatic rings. The van der Waals surface area contributed by atoms with E-state index in [1.807, 2.05) is 0 Å². The number of anilines is 1.